The summed E-state index contributed by atoms with van der Waals surface area (Å²) in [5, 5.41) is 0. The number of hydrogen-bond acceptors (Lipinski definition) is 4. The van der Waals surface area contributed by atoms with Crippen LogP contribution < -0.4 is 15.4 Å². The van der Waals surface area contributed by atoms with E-state index in [-0.39, 0.29) is 6.23 Å². The van der Waals surface area contributed by atoms with Gasteiger partial charge in [0, 0.05) is 29.4 Å². The average Bonchev–Trinajstić information content (AvgIpc) is 3.01. The second-order valence-electron chi connectivity index (χ2n) is 8.00. The summed E-state index contributed by atoms with van der Waals surface area (Å²) in [5.74, 6) is 0.977. The van der Waals surface area contributed by atoms with Gasteiger partial charge < -0.3 is 20.3 Å². The molecule has 3 unspecified atom stereocenters. The number of nitrogens with zero attached hydrogens (tertiary/aromatic N) is 2. The van der Waals surface area contributed by atoms with Crippen molar-refractivity contribution < 1.29 is 4.74 Å². The van der Waals surface area contributed by atoms with Gasteiger partial charge in [-0.05, 0) is 50.9 Å². The molecule has 2 fully saturated rings. The van der Waals surface area contributed by atoms with Crippen LogP contribution in [0.4, 0.5) is 11.4 Å². The topological polar surface area (TPSA) is 41.7 Å². The first-order valence-electron chi connectivity index (χ1n) is 9.82. The molecule has 0 spiro atoms. The van der Waals surface area contributed by atoms with E-state index in [9.17, 15) is 0 Å². The van der Waals surface area contributed by atoms with E-state index in [1.165, 1.54) is 37.8 Å². The van der Waals surface area contributed by atoms with Gasteiger partial charge in [-0.1, -0.05) is 36.8 Å². The summed E-state index contributed by atoms with van der Waals surface area (Å²) < 4.78 is 6.42. The molecule has 3 aliphatic rings. The molecule has 4 nitrogen and oxygen atoms in total. The van der Waals surface area contributed by atoms with Gasteiger partial charge >= 0.3 is 0 Å². The van der Waals surface area contributed by atoms with Gasteiger partial charge in [-0.15, -0.1) is 0 Å². The minimum absolute atomic E-state index is 0.122. The molecule has 2 aromatic rings. The molecule has 3 atom stereocenters. The second-order valence-corrected chi connectivity index (χ2v) is 8.00. The SMILES string of the molecule is CN1C2CCCC1CC(N1c3ccccc3OC1c1ccccc1N)C2. The summed E-state index contributed by atoms with van der Waals surface area (Å²) >= 11 is 0. The smallest absolute Gasteiger partial charge is 0.201 e. The minimum atomic E-state index is -0.122. The third kappa shape index (κ3) is 2.47. The Morgan fingerprint density at radius 3 is 2.38 bits per heavy atom. The third-order valence-electron chi connectivity index (χ3n) is 6.61. The monoisotopic (exact) mass is 349 g/mol. The molecule has 2 N–H and O–H groups in total. The molecule has 3 heterocycles. The normalized spacial score (nSPS) is 30.7. The van der Waals surface area contributed by atoms with Crippen LogP contribution in [0.15, 0.2) is 48.5 Å². The molecule has 5 rings (SSSR count). The van der Waals surface area contributed by atoms with Crippen LogP contribution >= 0.6 is 0 Å². The van der Waals surface area contributed by atoms with Gasteiger partial charge in [-0.25, -0.2) is 0 Å². The molecule has 4 heteroatoms. The van der Waals surface area contributed by atoms with E-state index >= 15 is 0 Å². The summed E-state index contributed by atoms with van der Waals surface area (Å²) in [4.78, 5) is 5.13. The quantitative estimate of drug-likeness (QED) is 0.826. The highest BCUT2D eigenvalue weighted by Gasteiger charge is 2.44. The van der Waals surface area contributed by atoms with Gasteiger partial charge in [-0.3, -0.25) is 0 Å². The lowest BCUT2D eigenvalue weighted by Crippen LogP contribution is -2.55. The van der Waals surface area contributed by atoms with Crippen molar-refractivity contribution in [1.29, 1.82) is 0 Å². The average molecular weight is 349 g/mol. The van der Waals surface area contributed by atoms with Gasteiger partial charge in [0.05, 0.1) is 5.69 Å². The Kier molecular flexibility index (Phi) is 3.82. The zero-order valence-corrected chi connectivity index (χ0v) is 15.3. The zero-order chi connectivity index (χ0) is 17.7. The highest BCUT2D eigenvalue weighted by molar-refractivity contribution is 5.65. The molecule has 2 aromatic carbocycles. The Balaban J connectivity index is 1.54. The van der Waals surface area contributed by atoms with Crippen molar-refractivity contribution in [2.45, 2.75) is 56.5 Å². The van der Waals surface area contributed by atoms with E-state index in [0.717, 1.165) is 17.0 Å². The fraction of sp³-hybridized carbons (Fsp3) is 0.455. The number of benzene rings is 2. The summed E-state index contributed by atoms with van der Waals surface area (Å²) in [7, 11) is 2.31. The first-order chi connectivity index (χ1) is 12.7. The lowest BCUT2D eigenvalue weighted by molar-refractivity contribution is 0.0482. The maximum absolute atomic E-state index is 6.42. The number of fused-ring (bicyclic) bond motifs is 3. The summed E-state index contributed by atoms with van der Waals surface area (Å²) in [6.45, 7) is 0. The molecule has 136 valence electrons. The van der Waals surface area contributed by atoms with Crippen LogP contribution in [-0.4, -0.2) is 30.1 Å². The first kappa shape index (κ1) is 16.0. The predicted molar refractivity (Wildman–Crippen MR) is 105 cm³/mol. The van der Waals surface area contributed by atoms with Gasteiger partial charge in [0.1, 0.15) is 5.75 Å². The van der Waals surface area contributed by atoms with Crippen LogP contribution in [0.1, 0.15) is 43.9 Å². The highest BCUT2D eigenvalue weighted by atomic mass is 16.5. The molecule has 0 aromatic heterocycles. The molecule has 2 saturated heterocycles. The van der Waals surface area contributed by atoms with Crippen molar-refractivity contribution in [3.8, 4) is 5.75 Å². The number of para-hydroxylation sites is 3. The van der Waals surface area contributed by atoms with E-state index in [0.29, 0.717) is 18.1 Å². The Morgan fingerprint density at radius 2 is 1.62 bits per heavy atom. The second kappa shape index (κ2) is 6.20. The number of anilines is 2. The molecule has 0 amide bonds. The molecule has 0 radical (unpaired) electrons. The van der Waals surface area contributed by atoms with Crippen molar-refractivity contribution >= 4 is 11.4 Å². The molecular formula is C22H27N3O. The van der Waals surface area contributed by atoms with Crippen LogP contribution in [0.2, 0.25) is 0 Å². The van der Waals surface area contributed by atoms with Crippen molar-refractivity contribution in [2.24, 2.45) is 0 Å². The number of hydrogen-bond donors (Lipinski definition) is 1. The molecule has 0 saturated carbocycles. The standard InChI is InChI=1S/C22H27N3O/c1-24-15-7-6-8-16(24)14-17(13-15)25-20-11-4-5-12-21(20)26-22(25)18-9-2-3-10-19(18)23/h2-5,9-12,15-17,22H,6-8,13-14,23H2,1H3. The summed E-state index contributed by atoms with van der Waals surface area (Å²) in [6, 6.07) is 18.4. The highest BCUT2D eigenvalue weighted by Crippen LogP contribution is 2.48. The van der Waals surface area contributed by atoms with Gasteiger partial charge in [0.15, 0.2) is 0 Å². The Labute approximate surface area is 155 Å². The first-order valence-corrected chi connectivity index (χ1v) is 9.82. The summed E-state index contributed by atoms with van der Waals surface area (Å²) in [6.07, 6.45) is 6.29. The third-order valence-corrected chi connectivity index (χ3v) is 6.61. The van der Waals surface area contributed by atoms with Crippen LogP contribution in [0.25, 0.3) is 0 Å². The van der Waals surface area contributed by atoms with Gasteiger partial charge in [0.2, 0.25) is 6.23 Å². The van der Waals surface area contributed by atoms with Crippen molar-refractivity contribution in [2.75, 3.05) is 17.7 Å². The van der Waals surface area contributed by atoms with Crippen LogP contribution in [-0.2, 0) is 0 Å². The Morgan fingerprint density at radius 1 is 0.923 bits per heavy atom. The fourth-order valence-corrected chi connectivity index (χ4v) is 5.23. The lowest BCUT2D eigenvalue weighted by atomic mass is 9.81. The van der Waals surface area contributed by atoms with Crippen LogP contribution in [0.5, 0.6) is 5.75 Å². The number of nitrogens with two attached hydrogens (primary N) is 1. The van der Waals surface area contributed by atoms with E-state index in [2.05, 4.69) is 53.2 Å². The van der Waals surface area contributed by atoms with E-state index < -0.39 is 0 Å². The number of rotatable bonds is 2. The molecule has 2 bridgehead atoms. The Bertz CT molecular complexity index is 793. The molecule has 0 aliphatic carbocycles. The van der Waals surface area contributed by atoms with Crippen molar-refractivity contribution in [3.63, 3.8) is 0 Å². The predicted octanol–water partition coefficient (Wildman–Crippen LogP) is 4.18. The molecule has 26 heavy (non-hydrogen) atoms. The van der Waals surface area contributed by atoms with E-state index in [1.807, 2.05) is 12.1 Å². The fourth-order valence-electron chi connectivity index (χ4n) is 5.23. The van der Waals surface area contributed by atoms with E-state index in [1.54, 1.807) is 0 Å². The number of ether oxygens (including phenoxy) is 1. The largest absolute Gasteiger partial charge is 0.464 e. The van der Waals surface area contributed by atoms with Crippen LogP contribution in [0.3, 0.4) is 0 Å². The number of piperidine rings is 2. The minimum Gasteiger partial charge on any atom is -0.464 e. The van der Waals surface area contributed by atoms with Crippen LogP contribution in [0, 0.1) is 0 Å². The van der Waals surface area contributed by atoms with E-state index in [4.69, 9.17) is 10.5 Å². The van der Waals surface area contributed by atoms with Crippen molar-refractivity contribution in [1.82, 2.24) is 4.90 Å². The van der Waals surface area contributed by atoms with Gasteiger partial charge in [-0.2, -0.15) is 0 Å². The zero-order valence-electron chi connectivity index (χ0n) is 15.3. The maximum atomic E-state index is 6.42. The molecule has 3 aliphatic heterocycles. The molecular weight excluding hydrogens is 322 g/mol. The van der Waals surface area contributed by atoms with Crippen molar-refractivity contribution in [3.05, 3.63) is 54.1 Å². The maximum Gasteiger partial charge on any atom is 0.201 e. The summed E-state index contributed by atoms with van der Waals surface area (Å²) in [5.41, 5.74) is 9.43. The van der Waals surface area contributed by atoms with Gasteiger partial charge in [0.25, 0.3) is 0 Å². The lowest BCUT2D eigenvalue weighted by Gasteiger charge is -2.50. The Hall–Kier alpha value is -2.20. The number of nitrogen functional groups attached to an aromatic ring is 1.